The number of nitrogens with one attached hydrogen (secondary N) is 4. The highest BCUT2D eigenvalue weighted by atomic mass is 16.4. The molecule has 4 unspecified atom stereocenters. The Balaban J connectivity index is 1.78. The molecule has 9 N–H and O–H groups in total. The van der Waals surface area contributed by atoms with Crippen LogP contribution in [0.15, 0.2) is 54.7 Å². The van der Waals surface area contributed by atoms with Crippen LogP contribution in [-0.4, -0.2) is 74.8 Å². The highest BCUT2D eigenvalue weighted by Crippen LogP contribution is 2.19. The van der Waals surface area contributed by atoms with Gasteiger partial charge in [-0.15, -0.1) is 0 Å². The Morgan fingerprint density at radius 2 is 1.46 bits per heavy atom. The Kier molecular flexibility index (Phi) is 10.8. The number of aliphatic hydroxyl groups is 1. The molecule has 1 heterocycles. The molecule has 4 atom stereocenters. The summed E-state index contributed by atoms with van der Waals surface area (Å²) in [4.78, 5) is 54.4. The second kappa shape index (κ2) is 14.3. The maximum atomic E-state index is 13.4. The molecular weight excluding hydrogens is 530 g/mol. The van der Waals surface area contributed by atoms with E-state index in [9.17, 15) is 34.5 Å². The van der Waals surface area contributed by atoms with Gasteiger partial charge in [0.25, 0.3) is 0 Å². The van der Waals surface area contributed by atoms with Crippen LogP contribution in [0, 0.1) is 5.92 Å². The Bertz CT molecular complexity index is 1360. The molecule has 1 aromatic heterocycles. The number of carbonyl (C=O) groups is 4. The SMILES string of the molecule is CC(C)CC(NC(=O)C(Cc1ccc(O)cc1)NC(=O)C(N)CO)C(=O)NC(Cc1c[nH]c2ccccc12)C(=O)O. The fourth-order valence-electron chi connectivity index (χ4n) is 4.41. The minimum atomic E-state index is -1.26. The van der Waals surface area contributed by atoms with Crippen molar-refractivity contribution in [1.82, 2.24) is 20.9 Å². The first-order valence-electron chi connectivity index (χ1n) is 13.3. The molecule has 3 aromatic rings. The van der Waals surface area contributed by atoms with E-state index >= 15 is 0 Å². The number of carbonyl (C=O) groups excluding carboxylic acids is 3. The third-order valence-electron chi connectivity index (χ3n) is 6.60. The Hall–Kier alpha value is -4.42. The number of aliphatic hydroxyl groups excluding tert-OH is 1. The lowest BCUT2D eigenvalue weighted by molar-refractivity contribution is -0.142. The van der Waals surface area contributed by atoms with Crippen LogP contribution in [0.5, 0.6) is 5.75 Å². The molecule has 41 heavy (non-hydrogen) atoms. The van der Waals surface area contributed by atoms with E-state index in [4.69, 9.17) is 5.73 Å². The third-order valence-corrected chi connectivity index (χ3v) is 6.60. The third kappa shape index (κ3) is 8.78. The molecule has 0 spiro atoms. The molecule has 220 valence electrons. The average Bonchev–Trinajstić information content (AvgIpc) is 3.34. The molecule has 12 nitrogen and oxygen atoms in total. The number of aromatic hydroxyl groups is 1. The fourth-order valence-corrected chi connectivity index (χ4v) is 4.41. The van der Waals surface area contributed by atoms with Crippen molar-refractivity contribution in [2.24, 2.45) is 11.7 Å². The summed E-state index contributed by atoms with van der Waals surface area (Å²) in [5, 5.41) is 37.3. The number of carboxylic acid groups (broad SMARTS) is 1. The van der Waals surface area contributed by atoms with Crippen LogP contribution in [0.2, 0.25) is 0 Å². The van der Waals surface area contributed by atoms with Gasteiger partial charge in [0.15, 0.2) is 0 Å². The smallest absolute Gasteiger partial charge is 0.326 e. The van der Waals surface area contributed by atoms with Crippen LogP contribution in [0.3, 0.4) is 0 Å². The number of fused-ring (bicyclic) bond motifs is 1. The number of benzene rings is 2. The number of hydrogen-bond acceptors (Lipinski definition) is 7. The topological polar surface area (TPSA) is 207 Å². The van der Waals surface area contributed by atoms with Gasteiger partial charge in [-0.05, 0) is 41.7 Å². The number of hydrogen-bond donors (Lipinski definition) is 8. The van der Waals surface area contributed by atoms with Crippen LogP contribution in [-0.2, 0) is 32.0 Å². The number of aliphatic carboxylic acids is 1. The van der Waals surface area contributed by atoms with E-state index in [-0.39, 0.29) is 30.9 Å². The van der Waals surface area contributed by atoms with Gasteiger partial charge in [0.05, 0.1) is 6.61 Å². The highest BCUT2D eigenvalue weighted by molar-refractivity contribution is 5.94. The lowest BCUT2D eigenvalue weighted by atomic mass is 9.99. The molecule has 3 rings (SSSR count). The molecule has 0 radical (unpaired) electrons. The van der Waals surface area contributed by atoms with Crippen molar-refractivity contribution < 1.29 is 34.5 Å². The van der Waals surface area contributed by atoms with E-state index in [0.717, 1.165) is 16.5 Å². The van der Waals surface area contributed by atoms with Gasteiger partial charge in [-0.3, -0.25) is 14.4 Å². The van der Waals surface area contributed by atoms with E-state index in [1.54, 1.807) is 18.3 Å². The lowest BCUT2D eigenvalue weighted by Gasteiger charge is -2.26. The largest absolute Gasteiger partial charge is 0.508 e. The molecule has 0 aliphatic heterocycles. The number of phenols is 1. The quantitative estimate of drug-likeness (QED) is 0.138. The van der Waals surface area contributed by atoms with Crippen molar-refractivity contribution in [2.75, 3.05) is 6.61 Å². The maximum Gasteiger partial charge on any atom is 0.326 e. The van der Waals surface area contributed by atoms with Crippen molar-refractivity contribution in [2.45, 2.75) is 57.3 Å². The predicted molar refractivity (Wildman–Crippen MR) is 152 cm³/mol. The first-order chi connectivity index (χ1) is 19.5. The summed E-state index contributed by atoms with van der Waals surface area (Å²) < 4.78 is 0. The number of phenolic OH excluding ortho intramolecular Hbond substituents is 1. The zero-order valence-corrected chi connectivity index (χ0v) is 23.0. The lowest BCUT2D eigenvalue weighted by Crippen LogP contribution is -2.58. The first kappa shape index (κ1) is 31.1. The average molecular weight is 568 g/mol. The van der Waals surface area contributed by atoms with E-state index in [2.05, 4.69) is 20.9 Å². The molecule has 0 fully saturated rings. The van der Waals surface area contributed by atoms with E-state index in [0.29, 0.717) is 5.56 Å². The normalized spacial score (nSPS) is 14.2. The summed E-state index contributed by atoms with van der Waals surface area (Å²) in [5.41, 5.74) is 7.78. The number of amides is 3. The molecule has 0 saturated heterocycles. The van der Waals surface area contributed by atoms with Gasteiger partial charge in [0, 0.05) is 29.9 Å². The fraction of sp³-hybridized carbons (Fsp3) is 0.379. The number of carboxylic acids is 1. The number of aromatic nitrogens is 1. The van der Waals surface area contributed by atoms with Crippen LogP contribution in [0.25, 0.3) is 10.9 Å². The molecule has 2 aromatic carbocycles. The number of aromatic amines is 1. The van der Waals surface area contributed by atoms with E-state index in [1.165, 1.54) is 12.1 Å². The molecule has 12 heteroatoms. The second-order valence-corrected chi connectivity index (χ2v) is 10.4. The maximum absolute atomic E-state index is 13.4. The monoisotopic (exact) mass is 567 g/mol. The van der Waals surface area contributed by atoms with Gasteiger partial charge < -0.3 is 42.0 Å². The summed E-state index contributed by atoms with van der Waals surface area (Å²) in [6.45, 7) is 3.07. The van der Waals surface area contributed by atoms with Gasteiger partial charge in [-0.1, -0.05) is 44.2 Å². The molecule has 0 aliphatic carbocycles. The second-order valence-electron chi connectivity index (χ2n) is 10.4. The summed E-state index contributed by atoms with van der Waals surface area (Å²) in [6, 6.07) is 8.63. The van der Waals surface area contributed by atoms with Crippen LogP contribution >= 0.6 is 0 Å². The molecule has 0 bridgehead atoms. The van der Waals surface area contributed by atoms with Gasteiger partial charge in [0.2, 0.25) is 17.7 Å². The van der Waals surface area contributed by atoms with Crippen LogP contribution in [0.4, 0.5) is 0 Å². The van der Waals surface area contributed by atoms with Gasteiger partial charge in [-0.25, -0.2) is 4.79 Å². The predicted octanol–water partition coefficient (Wildman–Crippen LogP) is 0.563. The molecule has 3 amide bonds. The standard InChI is InChI=1S/C29H37N5O7/c1-16(2)11-23(27(38)34-25(29(40)41)13-18-14-31-22-6-4-3-5-20(18)22)33-28(39)24(32-26(37)21(30)15-35)12-17-7-9-19(36)10-8-17/h3-10,14,16,21,23-25,31,35-36H,11-13,15,30H2,1-2H3,(H,32,37)(H,33,39)(H,34,38)(H,40,41). The van der Waals surface area contributed by atoms with Crippen molar-refractivity contribution in [3.8, 4) is 5.75 Å². The van der Waals surface area contributed by atoms with E-state index < -0.39 is 54.5 Å². The highest BCUT2D eigenvalue weighted by Gasteiger charge is 2.31. The summed E-state index contributed by atoms with van der Waals surface area (Å²) in [6.07, 6.45) is 1.93. The summed E-state index contributed by atoms with van der Waals surface area (Å²) >= 11 is 0. The van der Waals surface area contributed by atoms with Crippen LogP contribution in [0.1, 0.15) is 31.4 Å². The number of nitrogens with two attached hydrogens (primary N) is 1. The number of H-pyrrole nitrogens is 1. The Morgan fingerprint density at radius 1 is 0.854 bits per heavy atom. The van der Waals surface area contributed by atoms with Gasteiger partial charge in [-0.2, -0.15) is 0 Å². The van der Waals surface area contributed by atoms with Crippen molar-refractivity contribution >= 4 is 34.6 Å². The zero-order chi connectivity index (χ0) is 30.1. The molecule has 0 aliphatic rings. The van der Waals surface area contributed by atoms with Crippen molar-refractivity contribution in [3.63, 3.8) is 0 Å². The van der Waals surface area contributed by atoms with Crippen LogP contribution < -0.4 is 21.7 Å². The minimum absolute atomic E-state index is 0.00430. The number of rotatable bonds is 14. The summed E-state index contributed by atoms with van der Waals surface area (Å²) in [5.74, 6) is -3.39. The Morgan fingerprint density at radius 3 is 2.10 bits per heavy atom. The summed E-state index contributed by atoms with van der Waals surface area (Å²) in [7, 11) is 0. The number of para-hydroxylation sites is 1. The van der Waals surface area contributed by atoms with E-state index in [1.807, 2.05) is 38.1 Å². The van der Waals surface area contributed by atoms with Crippen molar-refractivity contribution in [3.05, 3.63) is 65.9 Å². The van der Waals surface area contributed by atoms with Gasteiger partial charge in [0.1, 0.15) is 29.9 Å². The first-order valence-corrected chi connectivity index (χ1v) is 13.3. The minimum Gasteiger partial charge on any atom is -0.508 e. The molecule has 0 saturated carbocycles. The zero-order valence-electron chi connectivity index (χ0n) is 23.0. The molecular formula is C29H37N5O7. The Labute approximate surface area is 237 Å². The van der Waals surface area contributed by atoms with Gasteiger partial charge >= 0.3 is 5.97 Å². The van der Waals surface area contributed by atoms with Crippen molar-refractivity contribution in [1.29, 1.82) is 0 Å².